The lowest BCUT2D eigenvalue weighted by molar-refractivity contribution is 0.587. The van der Waals surface area contributed by atoms with Gasteiger partial charge >= 0.3 is 0 Å². The number of fused-ring (bicyclic) bond motifs is 1. The Bertz CT molecular complexity index is 930. The predicted molar refractivity (Wildman–Crippen MR) is 97.7 cm³/mol. The van der Waals surface area contributed by atoms with Crippen molar-refractivity contribution in [2.45, 2.75) is 39.5 Å². The zero-order valence-corrected chi connectivity index (χ0v) is 14.5. The van der Waals surface area contributed by atoms with Crippen LogP contribution in [0.25, 0.3) is 11.3 Å². The van der Waals surface area contributed by atoms with Gasteiger partial charge in [0.05, 0.1) is 5.69 Å². The molecule has 0 fully saturated rings. The maximum Gasteiger partial charge on any atom is 0.299 e. The average Bonchev–Trinajstić information content (AvgIpc) is 2.98. The second-order valence-electron chi connectivity index (χ2n) is 6.67. The Hall–Kier alpha value is -2.62. The molecule has 1 heterocycles. The Morgan fingerprint density at radius 2 is 1.92 bits per heavy atom. The minimum Gasteiger partial charge on any atom is -0.423 e. The molecule has 1 aliphatic rings. The third-order valence-corrected chi connectivity index (χ3v) is 4.87. The first-order valence-corrected chi connectivity index (χ1v) is 8.73. The van der Waals surface area contributed by atoms with E-state index in [-0.39, 0.29) is 5.82 Å². The van der Waals surface area contributed by atoms with Crippen molar-refractivity contribution >= 4 is 11.7 Å². The molecule has 0 saturated heterocycles. The number of aromatic nitrogens is 1. The SMILES string of the molecule is Cc1ccc(-c2oc(Nc3cccc4c3CCCC4)nc2C)cc1F. The van der Waals surface area contributed by atoms with Gasteiger partial charge in [0.2, 0.25) is 0 Å². The van der Waals surface area contributed by atoms with Gasteiger partial charge in [0.1, 0.15) is 5.82 Å². The summed E-state index contributed by atoms with van der Waals surface area (Å²) in [6, 6.07) is 11.9. The molecule has 3 nitrogen and oxygen atoms in total. The number of hydrogen-bond donors (Lipinski definition) is 1. The fraction of sp³-hybridized carbons (Fsp3) is 0.286. The second kappa shape index (κ2) is 6.36. The highest BCUT2D eigenvalue weighted by Gasteiger charge is 2.17. The summed E-state index contributed by atoms with van der Waals surface area (Å²) in [5.41, 5.74) is 5.88. The third-order valence-electron chi connectivity index (χ3n) is 4.87. The summed E-state index contributed by atoms with van der Waals surface area (Å²) in [6.45, 7) is 3.63. The monoisotopic (exact) mass is 336 g/mol. The minimum atomic E-state index is -0.236. The quantitative estimate of drug-likeness (QED) is 0.665. The predicted octanol–water partition coefficient (Wildman–Crippen LogP) is 5.72. The molecule has 1 aliphatic carbocycles. The summed E-state index contributed by atoms with van der Waals surface area (Å²) in [7, 11) is 0. The Kier molecular flexibility index (Phi) is 4.04. The van der Waals surface area contributed by atoms with E-state index in [1.807, 2.05) is 13.0 Å². The molecule has 0 radical (unpaired) electrons. The molecule has 2 aromatic carbocycles. The van der Waals surface area contributed by atoms with Crippen LogP contribution in [0.4, 0.5) is 16.1 Å². The lowest BCUT2D eigenvalue weighted by atomic mass is 9.90. The van der Waals surface area contributed by atoms with Crippen LogP contribution in [0.1, 0.15) is 35.2 Å². The molecule has 4 heteroatoms. The van der Waals surface area contributed by atoms with Gasteiger partial charge in [0, 0.05) is 11.3 Å². The van der Waals surface area contributed by atoms with Crippen LogP contribution >= 0.6 is 0 Å². The van der Waals surface area contributed by atoms with E-state index in [4.69, 9.17) is 4.42 Å². The summed E-state index contributed by atoms with van der Waals surface area (Å²) in [6.07, 6.45) is 4.67. The number of anilines is 2. The first-order chi connectivity index (χ1) is 12.1. The van der Waals surface area contributed by atoms with Gasteiger partial charge in [-0.25, -0.2) is 4.39 Å². The standard InChI is InChI=1S/C21H21FN2O/c1-13-10-11-16(12-18(13)22)20-14(2)23-21(25-20)24-19-9-5-7-15-6-3-4-8-17(15)19/h5,7,9-12H,3-4,6,8H2,1-2H3,(H,23,24). The van der Waals surface area contributed by atoms with Crippen LogP contribution in [0.2, 0.25) is 0 Å². The molecule has 0 aliphatic heterocycles. The van der Waals surface area contributed by atoms with Crippen LogP contribution in [0.3, 0.4) is 0 Å². The molecule has 0 spiro atoms. The topological polar surface area (TPSA) is 38.1 Å². The minimum absolute atomic E-state index is 0.236. The molecule has 0 unspecified atom stereocenters. The number of benzene rings is 2. The van der Waals surface area contributed by atoms with Gasteiger partial charge < -0.3 is 9.73 Å². The Balaban J connectivity index is 1.66. The maximum atomic E-state index is 13.9. The number of rotatable bonds is 3. The van der Waals surface area contributed by atoms with Crippen molar-refractivity contribution in [3.8, 4) is 11.3 Å². The van der Waals surface area contributed by atoms with Crippen molar-refractivity contribution in [1.29, 1.82) is 0 Å². The zero-order valence-electron chi connectivity index (χ0n) is 14.5. The van der Waals surface area contributed by atoms with Crippen molar-refractivity contribution < 1.29 is 8.81 Å². The first kappa shape index (κ1) is 15.9. The Morgan fingerprint density at radius 1 is 1.08 bits per heavy atom. The van der Waals surface area contributed by atoms with Crippen molar-refractivity contribution in [2.75, 3.05) is 5.32 Å². The van der Waals surface area contributed by atoms with Gasteiger partial charge in [0.25, 0.3) is 6.01 Å². The molecule has 3 aromatic rings. The number of aryl methyl sites for hydroxylation is 3. The van der Waals surface area contributed by atoms with Gasteiger partial charge in [0.15, 0.2) is 5.76 Å². The normalized spacial score (nSPS) is 13.6. The number of nitrogens with zero attached hydrogens (tertiary/aromatic N) is 1. The summed E-state index contributed by atoms with van der Waals surface area (Å²) in [5, 5.41) is 3.32. The molecule has 0 atom stereocenters. The average molecular weight is 336 g/mol. The number of oxazole rings is 1. The highest BCUT2D eigenvalue weighted by molar-refractivity contribution is 5.65. The highest BCUT2D eigenvalue weighted by Crippen LogP contribution is 2.32. The van der Waals surface area contributed by atoms with Crippen LogP contribution in [-0.4, -0.2) is 4.98 Å². The number of nitrogens with one attached hydrogen (secondary N) is 1. The van der Waals surface area contributed by atoms with Crippen LogP contribution in [0, 0.1) is 19.7 Å². The molecule has 4 rings (SSSR count). The van der Waals surface area contributed by atoms with Crippen molar-refractivity contribution in [2.24, 2.45) is 0 Å². The summed E-state index contributed by atoms with van der Waals surface area (Å²) < 4.78 is 19.8. The van der Waals surface area contributed by atoms with E-state index in [1.54, 1.807) is 13.0 Å². The largest absolute Gasteiger partial charge is 0.423 e. The van der Waals surface area contributed by atoms with Crippen molar-refractivity contribution in [1.82, 2.24) is 4.98 Å². The Labute approximate surface area is 146 Å². The highest BCUT2D eigenvalue weighted by atomic mass is 19.1. The van der Waals surface area contributed by atoms with E-state index in [0.717, 1.165) is 24.2 Å². The van der Waals surface area contributed by atoms with Crippen LogP contribution < -0.4 is 5.32 Å². The molecular formula is C21H21FN2O. The van der Waals surface area contributed by atoms with Crippen molar-refractivity contribution in [3.05, 3.63) is 64.6 Å². The van der Waals surface area contributed by atoms with Gasteiger partial charge in [-0.3, -0.25) is 0 Å². The van der Waals surface area contributed by atoms with Gasteiger partial charge in [-0.05, 0) is 68.4 Å². The molecule has 0 saturated carbocycles. The first-order valence-electron chi connectivity index (χ1n) is 8.73. The lowest BCUT2D eigenvalue weighted by Gasteiger charge is -2.19. The third kappa shape index (κ3) is 3.04. The number of halogens is 1. The van der Waals surface area contributed by atoms with Gasteiger partial charge in [-0.15, -0.1) is 0 Å². The van der Waals surface area contributed by atoms with E-state index in [2.05, 4.69) is 28.5 Å². The molecular weight excluding hydrogens is 315 g/mol. The van der Waals surface area contributed by atoms with Gasteiger partial charge in [-0.2, -0.15) is 4.98 Å². The molecule has 0 bridgehead atoms. The Morgan fingerprint density at radius 3 is 2.76 bits per heavy atom. The van der Waals surface area contributed by atoms with Crippen LogP contribution in [0.15, 0.2) is 40.8 Å². The number of hydrogen-bond acceptors (Lipinski definition) is 3. The lowest BCUT2D eigenvalue weighted by Crippen LogP contribution is -2.06. The van der Waals surface area contributed by atoms with E-state index in [0.29, 0.717) is 22.9 Å². The molecule has 0 amide bonds. The fourth-order valence-electron chi connectivity index (χ4n) is 3.47. The summed E-state index contributed by atoms with van der Waals surface area (Å²) in [4.78, 5) is 4.48. The van der Waals surface area contributed by atoms with Crippen molar-refractivity contribution in [3.63, 3.8) is 0 Å². The van der Waals surface area contributed by atoms with E-state index in [1.165, 1.54) is 30.0 Å². The molecule has 25 heavy (non-hydrogen) atoms. The zero-order chi connectivity index (χ0) is 17.4. The van der Waals surface area contributed by atoms with Crippen LogP contribution in [-0.2, 0) is 12.8 Å². The van der Waals surface area contributed by atoms with E-state index >= 15 is 0 Å². The van der Waals surface area contributed by atoms with Gasteiger partial charge in [-0.1, -0.05) is 24.3 Å². The summed E-state index contributed by atoms with van der Waals surface area (Å²) >= 11 is 0. The summed E-state index contributed by atoms with van der Waals surface area (Å²) in [5.74, 6) is 0.367. The van der Waals surface area contributed by atoms with E-state index < -0.39 is 0 Å². The maximum absolute atomic E-state index is 13.9. The molecule has 1 N–H and O–H groups in total. The van der Waals surface area contributed by atoms with E-state index in [9.17, 15) is 4.39 Å². The molecule has 128 valence electrons. The smallest absolute Gasteiger partial charge is 0.299 e. The fourth-order valence-corrected chi connectivity index (χ4v) is 3.47. The second-order valence-corrected chi connectivity index (χ2v) is 6.67. The van der Waals surface area contributed by atoms with Crippen LogP contribution in [0.5, 0.6) is 0 Å². The molecule has 1 aromatic heterocycles.